The Morgan fingerprint density at radius 1 is 1.43 bits per heavy atom. The summed E-state index contributed by atoms with van der Waals surface area (Å²) in [5.41, 5.74) is -0.190. The molecule has 0 saturated heterocycles. The van der Waals surface area contributed by atoms with E-state index in [0.717, 1.165) is 19.3 Å². The minimum atomic E-state index is -0.766. The molecule has 1 aromatic heterocycles. The molecule has 1 aromatic rings. The fourth-order valence-electron chi connectivity index (χ4n) is 3.24. The second-order valence-corrected chi connectivity index (χ2v) is 6.09. The molecule has 8 nitrogen and oxygen atoms in total. The summed E-state index contributed by atoms with van der Waals surface area (Å²) in [6.45, 7) is 3.03. The monoisotopic (exact) mass is 319 g/mol. The van der Waals surface area contributed by atoms with Gasteiger partial charge >= 0.3 is 5.69 Å². The van der Waals surface area contributed by atoms with E-state index in [1.165, 1.54) is 9.58 Å². The van der Waals surface area contributed by atoms with E-state index in [0.29, 0.717) is 18.5 Å². The van der Waals surface area contributed by atoms with Gasteiger partial charge in [0.15, 0.2) is 0 Å². The lowest BCUT2D eigenvalue weighted by molar-refractivity contribution is -0.386. The van der Waals surface area contributed by atoms with Crippen LogP contribution in [-0.4, -0.2) is 38.1 Å². The Morgan fingerprint density at radius 3 is 2.52 bits per heavy atom. The van der Waals surface area contributed by atoms with Crippen molar-refractivity contribution in [2.45, 2.75) is 58.0 Å². The molecule has 1 saturated carbocycles. The van der Waals surface area contributed by atoms with E-state index in [2.05, 4.69) is 11.2 Å². The fraction of sp³-hybridized carbons (Fsp3) is 0.667. The number of amides is 1. The number of carbonyl (C=O) groups excluding carboxylic acids is 1. The van der Waals surface area contributed by atoms with Crippen molar-refractivity contribution >= 4 is 11.6 Å². The molecule has 0 aromatic carbocycles. The molecule has 0 spiro atoms. The van der Waals surface area contributed by atoms with E-state index >= 15 is 0 Å². The van der Waals surface area contributed by atoms with Crippen molar-refractivity contribution in [1.29, 1.82) is 5.26 Å². The molecule has 0 radical (unpaired) electrons. The van der Waals surface area contributed by atoms with Gasteiger partial charge in [0.25, 0.3) is 0 Å². The quantitative estimate of drug-likeness (QED) is 0.624. The smallest absolute Gasteiger partial charge is 0.312 e. The highest BCUT2D eigenvalue weighted by atomic mass is 16.6. The molecule has 8 heteroatoms. The van der Waals surface area contributed by atoms with Crippen LogP contribution in [0.1, 0.15) is 43.5 Å². The Hall–Kier alpha value is -2.43. The van der Waals surface area contributed by atoms with Gasteiger partial charge in [-0.3, -0.25) is 19.6 Å². The van der Waals surface area contributed by atoms with Crippen LogP contribution in [0.3, 0.4) is 0 Å². The largest absolute Gasteiger partial charge is 0.325 e. The maximum Gasteiger partial charge on any atom is 0.312 e. The molecule has 0 N–H and O–H groups in total. The van der Waals surface area contributed by atoms with E-state index in [1.807, 2.05) is 0 Å². The zero-order valence-corrected chi connectivity index (χ0v) is 13.7. The van der Waals surface area contributed by atoms with Crippen LogP contribution in [0.25, 0.3) is 0 Å². The van der Waals surface area contributed by atoms with Crippen molar-refractivity contribution < 1.29 is 9.72 Å². The summed E-state index contributed by atoms with van der Waals surface area (Å²) in [6, 6.07) is 2.30. The molecule has 1 fully saturated rings. The van der Waals surface area contributed by atoms with E-state index in [4.69, 9.17) is 0 Å². The molecule has 2 rings (SSSR count). The molecular formula is C15H21N5O3. The molecule has 0 aliphatic heterocycles. The average Bonchev–Trinajstić information content (AvgIpc) is 2.81. The summed E-state index contributed by atoms with van der Waals surface area (Å²) < 4.78 is 1.35. The van der Waals surface area contributed by atoms with Crippen LogP contribution >= 0.6 is 0 Å². The molecule has 124 valence electrons. The zero-order chi connectivity index (χ0) is 17.2. The number of hydrogen-bond donors (Lipinski definition) is 0. The van der Waals surface area contributed by atoms with Crippen molar-refractivity contribution in [3.8, 4) is 6.07 Å². The van der Waals surface area contributed by atoms with Crippen molar-refractivity contribution in [1.82, 2.24) is 14.7 Å². The Bertz CT molecular complexity index is 667. The molecule has 23 heavy (non-hydrogen) atoms. The topological polar surface area (TPSA) is 105 Å². The number of aryl methyl sites for hydroxylation is 1. The van der Waals surface area contributed by atoms with E-state index in [1.54, 1.807) is 20.9 Å². The summed E-state index contributed by atoms with van der Waals surface area (Å²) in [4.78, 5) is 24.6. The minimum Gasteiger partial charge on any atom is -0.325 e. The van der Waals surface area contributed by atoms with Crippen molar-refractivity contribution in [2.24, 2.45) is 0 Å². The second-order valence-electron chi connectivity index (χ2n) is 6.09. The van der Waals surface area contributed by atoms with Gasteiger partial charge in [0, 0.05) is 7.05 Å². The van der Waals surface area contributed by atoms with Gasteiger partial charge in [-0.15, -0.1) is 0 Å². The molecule has 0 unspecified atom stereocenters. The third-order valence-corrected chi connectivity index (χ3v) is 4.72. The Balaban J connectivity index is 2.20. The number of aromatic nitrogens is 2. The number of hydrogen-bond acceptors (Lipinski definition) is 5. The lowest BCUT2D eigenvalue weighted by Crippen LogP contribution is -2.50. The lowest BCUT2D eigenvalue weighted by atomic mass is 9.81. The minimum absolute atomic E-state index is 0.0619. The van der Waals surface area contributed by atoms with Gasteiger partial charge in [-0.05, 0) is 26.7 Å². The first kappa shape index (κ1) is 16.9. The van der Waals surface area contributed by atoms with Gasteiger partial charge in [-0.2, -0.15) is 10.4 Å². The summed E-state index contributed by atoms with van der Waals surface area (Å²) in [6.07, 6.45) is 4.27. The summed E-state index contributed by atoms with van der Waals surface area (Å²) in [5, 5.41) is 24.7. The first-order valence-electron chi connectivity index (χ1n) is 7.69. The van der Waals surface area contributed by atoms with Crippen LogP contribution < -0.4 is 0 Å². The summed E-state index contributed by atoms with van der Waals surface area (Å²) in [7, 11) is 1.64. The molecular weight excluding hydrogens is 298 g/mol. The maximum atomic E-state index is 12.6. The first-order valence-corrected chi connectivity index (χ1v) is 7.69. The maximum absolute atomic E-state index is 12.6. The number of nitro groups is 1. The van der Waals surface area contributed by atoms with Gasteiger partial charge in [0.1, 0.15) is 23.5 Å². The predicted molar refractivity (Wildman–Crippen MR) is 82.6 cm³/mol. The molecule has 1 heterocycles. The highest BCUT2D eigenvalue weighted by molar-refractivity contribution is 5.77. The van der Waals surface area contributed by atoms with Crippen LogP contribution in [0.2, 0.25) is 0 Å². The lowest BCUT2D eigenvalue weighted by Gasteiger charge is -2.39. The van der Waals surface area contributed by atoms with Crippen LogP contribution in [-0.2, 0) is 11.3 Å². The van der Waals surface area contributed by atoms with Crippen LogP contribution in [0.4, 0.5) is 5.69 Å². The molecule has 1 amide bonds. The van der Waals surface area contributed by atoms with E-state index < -0.39 is 10.5 Å². The van der Waals surface area contributed by atoms with Crippen molar-refractivity contribution in [3.63, 3.8) is 0 Å². The average molecular weight is 319 g/mol. The highest BCUT2D eigenvalue weighted by Gasteiger charge is 2.39. The van der Waals surface area contributed by atoms with Crippen molar-refractivity contribution in [3.05, 3.63) is 21.5 Å². The third kappa shape index (κ3) is 3.04. The molecule has 0 atom stereocenters. The fourth-order valence-corrected chi connectivity index (χ4v) is 3.24. The normalized spacial score (nSPS) is 16.6. The third-order valence-electron chi connectivity index (χ3n) is 4.72. The Morgan fingerprint density at radius 2 is 2.04 bits per heavy atom. The van der Waals surface area contributed by atoms with Gasteiger partial charge < -0.3 is 4.90 Å². The second kappa shape index (κ2) is 6.36. The van der Waals surface area contributed by atoms with Crippen LogP contribution in [0.15, 0.2) is 0 Å². The van der Waals surface area contributed by atoms with Gasteiger partial charge in [-0.25, -0.2) is 0 Å². The first-order chi connectivity index (χ1) is 10.8. The van der Waals surface area contributed by atoms with Gasteiger partial charge in [0.2, 0.25) is 5.91 Å². The number of likely N-dealkylation sites (N-methyl/N-ethyl adjacent to an activating group) is 1. The summed E-state index contributed by atoms with van der Waals surface area (Å²) in [5.74, 6) is -0.256. The molecule has 1 aliphatic rings. The number of nitrogens with zero attached hydrogens (tertiary/aromatic N) is 5. The number of rotatable bonds is 4. The number of nitriles is 1. The molecule has 0 bridgehead atoms. The van der Waals surface area contributed by atoms with Crippen LogP contribution in [0, 0.1) is 35.3 Å². The van der Waals surface area contributed by atoms with Crippen molar-refractivity contribution in [2.75, 3.05) is 7.05 Å². The Labute approximate surface area is 134 Å². The Kier molecular flexibility index (Phi) is 4.68. The number of carbonyl (C=O) groups is 1. The van der Waals surface area contributed by atoms with Gasteiger partial charge in [0.05, 0.1) is 11.0 Å². The summed E-state index contributed by atoms with van der Waals surface area (Å²) >= 11 is 0. The molecule has 1 aliphatic carbocycles. The zero-order valence-electron chi connectivity index (χ0n) is 13.7. The highest BCUT2D eigenvalue weighted by Crippen LogP contribution is 2.32. The van der Waals surface area contributed by atoms with E-state index in [9.17, 15) is 20.2 Å². The van der Waals surface area contributed by atoms with Gasteiger partial charge in [-0.1, -0.05) is 19.3 Å². The predicted octanol–water partition coefficient (Wildman–Crippen LogP) is 2.09. The SMILES string of the molecule is Cc1nn(CC(=O)N(C)C2(C#N)CCCCC2)c(C)c1[N+](=O)[O-]. The van der Waals surface area contributed by atoms with Crippen LogP contribution in [0.5, 0.6) is 0 Å². The standard InChI is InChI=1S/C15H21N5O3/c1-11-14(20(22)23)12(2)19(17-11)9-13(21)18(3)15(10-16)7-5-4-6-8-15/h4-9H2,1-3H3. The van der Waals surface area contributed by atoms with E-state index in [-0.39, 0.29) is 23.8 Å².